The van der Waals surface area contributed by atoms with Crippen LogP contribution >= 0.6 is 11.6 Å². The van der Waals surface area contributed by atoms with Crippen molar-refractivity contribution in [3.05, 3.63) is 91.0 Å². The molecule has 1 aromatic heterocycles. The van der Waals surface area contributed by atoms with Crippen LogP contribution in [0.15, 0.2) is 86.0 Å². The van der Waals surface area contributed by atoms with Gasteiger partial charge in [-0.2, -0.15) is 0 Å². The van der Waals surface area contributed by atoms with E-state index < -0.39 is 0 Å². The molecule has 4 rings (SSSR count). The molecule has 2 N–H and O–H groups in total. The van der Waals surface area contributed by atoms with Gasteiger partial charge in [-0.1, -0.05) is 36.9 Å². The summed E-state index contributed by atoms with van der Waals surface area (Å²) in [5, 5.41) is 21.9. The summed E-state index contributed by atoms with van der Waals surface area (Å²) in [4.78, 5) is 13.7. The van der Waals surface area contributed by atoms with Crippen molar-refractivity contribution in [1.29, 1.82) is 0 Å². The van der Waals surface area contributed by atoms with Crippen LogP contribution in [0.2, 0.25) is 5.02 Å². The third-order valence-corrected chi connectivity index (χ3v) is 5.15. The molecule has 4 aromatic rings. The molecule has 0 aliphatic heterocycles. The number of rotatable bonds is 9. The van der Waals surface area contributed by atoms with E-state index in [1.807, 2.05) is 0 Å². The van der Waals surface area contributed by atoms with E-state index in [0.717, 1.165) is 0 Å². The zero-order chi connectivity index (χ0) is 24.8. The highest BCUT2D eigenvalue weighted by atomic mass is 35.5. The van der Waals surface area contributed by atoms with Gasteiger partial charge in [-0.25, -0.2) is 15.0 Å². The number of aromatic hydroxyl groups is 2. The molecule has 176 valence electrons. The van der Waals surface area contributed by atoms with Gasteiger partial charge < -0.3 is 19.7 Å². The molecule has 8 heteroatoms. The molecule has 3 aromatic carbocycles. The molecule has 0 spiro atoms. The minimum atomic E-state index is -0.0665. The zero-order valence-electron chi connectivity index (χ0n) is 18.7. The number of aromatic nitrogens is 3. The number of hydrogen-bond acceptors (Lipinski definition) is 7. The van der Waals surface area contributed by atoms with Crippen LogP contribution in [0.4, 0.5) is 0 Å². The van der Waals surface area contributed by atoms with E-state index in [1.165, 1.54) is 12.1 Å². The van der Waals surface area contributed by atoms with Crippen LogP contribution in [-0.2, 0) is 0 Å². The lowest BCUT2D eigenvalue weighted by Gasteiger charge is -2.12. The van der Waals surface area contributed by atoms with Crippen LogP contribution < -0.4 is 9.47 Å². The maximum Gasteiger partial charge on any atom is 0.167 e. The lowest BCUT2D eigenvalue weighted by Crippen LogP contribution is -2.01. The summed E-state index contributed by atoms with van der Waals surface area (Å²) in [6.45, 7) is 7.85. The first kappa shape index (κ1) is 23.8. The second-order valence-corrected chi connectivity index (χ2v) is 7.81. The summed E-state index contributed by atoms with van der Waals surface area (Å²) < 4.78 is 11.0. The van der Waals surface area contributed by atoms with Gasteiger partial charge in [-0.05, 0) is 48.5 Å². The van der Waals surface area contributed by atoms with Gasteiger partial charge >= 0.3 is 0 Å². The first-order valence-electron chi connectivity index (χ1n) is 10.6. The van der Waals surface area contributed by atoms with Gasteiger partial charge in [0.05, 0.1) is 11.1 Å². The predicted molar refractivity (Wildman–Crippen MR) is 136 cm³/mol. The third kappa shape index (κ3) is 5.59. The average Bonchev–Trinajstić information content (AvgIpc) is 2.86. The van der Waals surface area contributed by atoms with E-state index in [9.17, 15) is 10.2 Å². The van der Waals surface area contributed by atoms with Gasteiger partial charge in [0.15, 0.2) is 17.5 Å². The molecule has 0 fully saturated rings. The zero-order valence-corrected chi connectivity index (χ0v) is 19.4. The fraction of sp³-hybridized carbons (Fsp3) is 0.0741. The van der Waals surface area contributed by atoms with E-state index in [0.29, 0.717) is 52.3 Å². The topological polar surface area (TPSA) is 97.6 Å². The molecule has 0 aliphatic carbocycles. The lowest BCUT2D eigenvalue weighted by atomic mass is 10.1. The Kier molecular flexibility index (Phi) is 7.28. The Morgan fingerprint density at radius 3 is 1.57 bits per heavy atom. The third-order valence-electron chi connectivity index (χ3n) is 4.89. The number of hydrogen-bond donors (Lipinski definition) is 2. The van der Waals surface area contributed by atoms with Gasteiger partial charge in [0.1, 0.15) is 36.2 Å². The normalized spacial score (nSPS) is 10.5. The fourth-order valence-electron chi connectivity index (χ4n) is 3.24. The van der Waals surface area contributed by atoms with Crippen LogP contribution in [0, 0.1) is 0 Å². The molecule has 0 radical (unpaired) electrons. The molecular weight excluding hydrogens is 466 g/mol. The van der Waals surface area contributed by atoms with Crippen LogP contribution in [0.3, 0.4) is 0 Å². The number of halogens is 1. The standard InChI is InChI=1S/C27H22ClN3O4/c1-3-13-34-19-9-11-21(23(32)15-19)26-29-25(17-5-7-18(28)8-6-17)30-27(31-26)22-12-10-20(16-24(22)33)35-14-4-2/h3-12,15-16,32-33H,1-2,13-14H2. The van der Waals surface area contributed by atoms with E-state index in [2.05, 4.69) is 28.1 Å². The van der Waals surface area contributed by atoms with E-state index >= 15 is 0 Å². The van der Waals surface area contributed by atoms with Crippen molar-refractivity contribution in [2.75, 3.05) is 13.2 Å². The predicted octanol–water partition coefficient (Wildman–Crippen LogP) is 6.07. The first-order valence-corrected chi connectivity index (χ1v) is 11.0. The maximum atomic E-state index is 10.7. The number of benzene rings is 3. The lowest BCUT2D eigenvalue weighted by molar-refractivity contribution is 0.360. The Morgan fingerprint density at radius 2 is 1.14 bits per heavy atom. The molecule has 0 saturated heterocycles. The number of phenolic OH excluding ortho intramolecular Hbond substituents is 2. The Morgan fingerprint density at radius 1 is 0.686 bits per heavy atom. The van der Waals surface area contributed by atoms with Gasteiger partial charge in [0, 0.05) is 22.7 Å². The molecule has 0 unspecified atom stereocenters. The highest BCUT2D eigenvalue weighted by Gasteiger charge is 2.17. The highest BCUT2D eigenvalue weighted by molar-refractivity contribution is 6.30. The molecule has 0 saturated carbocycles. The van der Waals surface area contributed by atoms with Crippen LogP contribution in [0.25, 0.3) is 34.2 Å². The second kappa shape index (κ2) is 10.7. The fourth-order valence-corrected chi connectivity index (χ4v) is 3.36. The van der Waals surface area contributed by atoms with E-state index in [-0.39, 0.29) is 23.1 Å². The van der Waals surface area contributed by atoms with Crippen molar-refractivity contribution in [2.45, 2.75) is 0 Å². The van der Waals surface area contributed by atoms with Crippen LogP contribution in [0.5, 0.6) is 23.0 Å². The number of phenols is 2. The van der Waals surface area contributed by atoms with Crippen molar-refractivity contribution in [3.8, 4) is 57.2 Å². The average molecular weight is 488 g/mol. The van der Waals surface area contributed by atoms with Crippen molar-refractivity contribution in [2.24, 2.45) is 0 Å². The Hall–Kier alpha value is -4.36. The monoisotopic (exact) mass is 487 g/mol. The summed E-state index contributed by atoms with van der Waals surface area (Å²) in [7, 11) is 0. The Labute approximate surface area is 207 Å². The van der Waals surface area contributed by atoms with Crippen LogP contribution in [-0.4, -0.2) is 38.4 Å². The molecule has 35 heavy (non-hydrogen) atoms. The smallest absolute Gasteiger partial charge is 0.167 e. The molecule has 1 heterocycles. The summed E-state index contributed by atoms with van der Waals surface area (Å²) in [6, 6.07) is 16.7. The number of ether oxygens (including phenoxy) is 2. The van der Waals surface area contributed by atoms with E-state index in [4.69, 9.17) is 21.1 Å². The first-order chi connectivity index (χ1) is 17.0. The van der Waals surface area contributed by atoms with E-state index in [1.54, 1.807) is 60.7 Å². The summed E-state index contributed by atoms with van der Waals surface area (Å²) in [6.07, 6.45) is 3.23. The highest BCUT2D eigenvalue weighted by Crippen LogP contribution is 2.35. The Bertz CT molecular complexity index is 1290. The van der Waals surface area contributed by atoms with Gasteiger partial charge in [0.25, 0.3) is 0 Å². The van der Waals surface area contributed by atoms with Gasteiger partial charge in [-0.15, -0.1) is 0 Å². The maximum absolute atomic E-state index is 10.7. The molecule has 0 amide bonds. The molecule has 7 nitrogen and oxygen atoms in total. The molecule has 0 aliphatic rings. The number of nitrogens with zero attached hydrogens (tertiary/aromatic N) is 3. The summed E-state index contributed by atoms with van der Waals surface area (Å²) in [5.74, 6) is 1.61. The molecular formula is C27H22ClN3O4. The van der Waals surface area contributed by atoms with Crippen molar-refractivity contribution in [1.82, 2.24) is 15.0 Å². The van der Waals surface area contributed by atoms with Crippen molar-refractivity contribution >= 4 is 11.6 Å². The van der Waals surface area contributed by atoms with Crippen LogP contribution in [0.1, 0.15) is 0 Å². The van der Waals surface area contributed by atoms with Crippen molar-refractivity contribution in [3.63, 3.8) is 0 Å². The molecule has 0 bridgehead atoms. The SMILES string of the molecule is C=CCOc1ccc(-c2nc(-c3ccc(Cl)cc3)nc(-c3ccc(OCC=C)cc3O)n2)c(O)c1. The largest absolute Gasteiger partial charge is 0.507 e. The quantitative estimate of drug-likeness (QED) is 0.276. The minimum absolute atomic E-state index is 0.0665. The molecule has 0 atom stereocenters. The summed E-state index contributed by atoms with van der Waals surface area (Å²) in [5.41, 5.74) is 1.44. The van der Waals surface area contributed by atoms with Gasteiger partial charge in [-0.3, -0.25) is 0 Å². The Balaban J connectivity index is 1.83. The van der Waals surface area contributed by atoms with Crippen molar-refractivity contribution < 1.29 is 19.7 Å². The summed E-state index contributed by atoms with van der Waals surface area (Å²) >= 11 is 6.04. The van der Waals surface area contributed by atoms with Gasteiger partial charge in [0.2, 0.25) is 0 Å². The second-order valence-electron chi connectivity index (χ2n) is 7.37. The minimum Gasteiger partial charge on any atom is -0.507 e.